The lowest BCUT2D eigenvalue weighted by atomic mass is 10.0. The number of likely N-dealkylation sites (tertiary alicyclic amines) is 1. The second kappa shape index (κ2) is 7.06. The van der Waals surface area contributed by atoms with E-state index < -0.39 is 6.04 Å². The summed E-state index contributed by atoms with van der Waals surface area (Å²) in [7, 11) is 0. The summed E-state index contributed by atoms with van der Waals surface area (Å²) in [5.41, 5.74) is 8.75. The third kappa shape index (κ3) is 3.51. The SMILES string of the molecule is [N-]=[N+]=NCC1CC(=O)N(C(CCO)c2ccccc2F)C1. The fraction of sp³-hybridized carbons (Fsp3) is 0.500. The second-order valence-corrected chi connectivity index (χ2v) is 5.08. The molecule has 6 nitrogen and oxygen atoms in total. The Morgan fingerprint density at radius 1 is 1.52 bits per heavy atom. The van der Waals surface area contributed by atoms with Crippen molar-refractivity contribution in [1.29, 1.82) is 0 Å². The number of benzene rings is 1. The van der Waals surface area contributed by atoms with Crippen LogP contribution in [0.5, 0.6) is 0 Å². The normalized spacial score (nSPS) is 19.4. The molecular formula is C14H17FN4O2. The lowest BCUT2D eigenvalue weighted by Gasteiger charge is -2.28. The van der Waals surface area contributed by atoms with Gasteiger partial charge >= 0.3 is 0 Å². The topological polar surface area (TPSA) is 89.3 Å². The second-order valence-electron chi connectivity index (χ2n) is 5.08. The van der Waals surface area contributed by atoms with Crippen LogP contribution in [0.4, 0.5) is 4.39 Å². The van der Waals surface area contributed by atoms with Crippen LogP contribution in [0, 0.1) is 11.7 Å². The molecule has 0 bridgehead atoms. The number of carbonyl (C=O) groups is 1. The molecule has 1 heterocycles. The zero-order chi connectivity index (χ0) is 15.2. The molecule has 0 aliphatic carbocycles. The minimum absolute atomic E-state index is 0.0543. The van der Waals surface area contributed by atoms with Crippen LogP contribution in [0.15, 0.2) is 29.4 Å². The van der Waals surface area contributed by atoms with E-state index in [1.165, 1.54) is 6.07 Å². The van der Waals surface area contributed by atoms with E-state index in [9.17, 15) is 14.3 Å². The lowest BCUT2D eigenvalue weighted by Crippen LogP contribution is -2.31. The fourth-order valence-corrected chi connectivity index (χ4v) is 2.73. The van der Waals surface area contributed by atoms with Gasteiger partial charge in [-0.3, -0.25) is 4.79 Å². The van der Waals surface area contributed by atoms with Crippen LogP contribution in [0.25, 0.3) is 10.4 Å². The Bertz CT molecular complexity index is 560. The minimum Gasteiger partial charge on any atom is -0.396 e. The number of amides is 1. The molecule has 21 heavy (non-hydrogen) atoms. The highest BCUT2D eigenvalue weighted by Gasteiger charge is 2.35. The maximum absolute atomic E-state index is 14.0. The molecule has 2 atom stereocenters. The summed E-state index contributed by atoms with van der Waals surface area (Å²) in [6.07, 6.45) is 0.566. The summed E-state index contributed by atoms with van der Waals surface area (Å²) in [6, 6.07) is 5.78. The van der Waals surface area contributed by atoms with Crippen molar-refractivity contribution in [2.75, 3.05) is 19.7 Å². The number of nitrogens with zero attached hydrogens (tertiary/aromatic N) is 4. The summed E-state index contributed by atoms with van der Waals surface area (Å²) in [6.45, 7) is 0.530. The average Bonchev–Trinajstić information content (AvgIpc) is 2.84. The first-order valence-electron chi connectivity index (χ1n) is 6.83. The Balaban J connectivity index is 2.21. The molecule has 7 heteroatoms. The molecule has 1 aliphatic rings. The van der Waals surface area contributed by atoms with Gasteiger partial charge in [0.1, 0.15) is 5.82 Å². The number of aliphatic hydroxyl groups is 1. The van der Waals surface area contributed by atoms with E-state index in [1.54, 1.807) is 23.1 Å². The molecule has 1 fully saturated rings. The molecule has 1 amide bonds. The van der Waals surface area contributed by atoms with Crippen molar-refractivity contribution in [2.45, 2.75) is 18.9 Å². The van der Waals surface area contributed by atoms with Gasteiger partial charge < -0.3 is 10.0 Å². The van der Waals surface area contributed by atoms with Gasteiger partial charge in [0.2, 0.25) is 5.91 Å². The molecule has 1 aromatic rings. The molecule has 0 aromatic heterocycles. The zero-order valence-electron chi connectivity index (χ0n) is 11.5. The maximum Gasteiger partial charge on any atom is 0.223 e. The first-order chi connectivity index (χ1) is 10.2. The number of carbonyl (C=O) groups excluding carboxylic acids is 1. The number of aliphatic hydroxyl groups excluding tert-OH is 1. The minimum atomic E-state index is -0.486. The van der Waals surface area contributed by atoms with Gasteiger partial charge in [0.25, 0.3) is 0 Å². The van der Waals surface area contributed by atoms with Crippen LogP contribution in [0.3, 0.4) is 0 Å². The van der Waals surface area contributed by atoms with Crippen LogP contribution < -0.4 is 0 Å². The quantitative estimate of drug-likeness (QED) is 0.495. The first-order valence-corrected chi connectivity index (χ1v) is 6.83. The van der Waals surface area contributed by atoms with E-state index in [4.69, 9.17) is 5.53 Å². The Labute approximate surface area is 121 Å². The van der Waals surface area contributed by atoms with Crippen molar-refractivity contribution in [2.24, 2.45) is 11.0 Å². The molecule has 1 aliphatic heterocycles. The molecule has 0 saturated carbocycles. The molecule has 1 saturated heterocycles. The van der Waals surface area contributed by atoms with Gasteiger partial charge in [-0.2, -0.15) is 0 Å². The van der Waals surface area contributed by atoms with E-state index in [0.29, 0.717) is 12.1 Å². The Morgan fingerprint density at radius 2 is 2.29 bits per heavy atom. The number of hydrogen-bond acceptors (Lipinski definition) is 3. The summed E-state index contributed by atoms with van der Waals surface area (Å²) in [4.78, 5) is 16.4. The first kappa shape index (κ1) is 15.3. The van der Waals surface area contributed by atoms with E-state index in [-0.39, 0.29) is 43.6 Å². The Hall–Kier alpha value is -2.11. The average molecular weight is 292 g/mol. The fourth-order valence-electron chi connectivity index (χ4n) is 2.73. The molecule has 2 unspecified atom stereocenters. The van der Waals surface area contributed by atoms with Crippen molar-refractivity contribution in [3.8, 4) is 0 Å². The summed E-state index contributed by atoms with van der Waals surface area (Å²) >= 11 is 0. The van der Waals surface area contributed by atoms with E-state index in [0.717, 1.165) is 0 Å². The summed E-state index contributed by atoms with van der Waals surface area (Å²) in [5.74, 6) is -0.543. The molecule has 1 aromatic carbocycles. The Morgan fingerprint density at radius 3 is 2.95 bits per heavy atom. The van der Waals surface area contributed by atoms with Gasteiger partial charge in [-0.05, 0) is 23.9 Å². The van der Waals surface area contributed by atoms with E-state index in [1.807, 2.05) is 0 Å². The largest absolute Gasteiger partial charge is 0.396 e. The molecule has 1 N–H and O–H groups in total. The van der Waals surface area contributed by atoms with Crippen molar-refractivity contribution in [3.05, 3.63) is 46.1 Å². The monoisotopic (exact) mass is 292 g/mol. The molecule has 2 rings (SSSR count). The van der Waals surface area contributed by atoms with Crippen molar-refractivity contribution < 1.29 is 14.3 Å². The van der Waals surface area contributed by atoms with Crippen LogP contribution in [-0.4, -0.2) is 35.6 Å². The van der Waals surface area contributed by atoms with Gasteiger partial charge in [0.15, 0.2) is 0 Å². The van der Waals surface area contributed by atoms with Crippen molar-refractivity contribution >= 4 is 5.91 Å². The number of hydrogen-bond donors (Lipinski definition) is 1. The molecule has 0 spiro atoms. The third-order valence-electron chi connectivity index (χ3n) is 3.68. The standard InChI is InChI=1S/C14H17FN4O2/c15-12-4-2-1-3-11(12)13(5-6-20)19-9-10(7-14(19)21)8-17-18-16/h1-4,10,13,20H,5-9H2. The van der Waals surface area contributed by atoms with Crippen molar-refractivity contribution in [3.63, 3.8) is 0 Å². The smallest absolute Gasteiger partial charge is 0.223 e. The molecule has 0 radical (unpaired) electrons. The van der Waals surface area contributed by atoms with Crippen molar-refractivity contribution in [1.82, 2.24) is 4.90 Å². The number of rotatable bonds is 6. The number of halogens is 1. The summed E-state index contributed by atoms with van der Waals surface area (Å²) in [5, 5.41) is 12.7. The molecular weight excluding hydrogens is 275 g/mol. The predicted octanol–water partition coefficient (Wildman–Crippen LogP) is 2.41. The van der Waals surface area contributed by atoms with Gasteiger partial charge in [-0.25, -0.2) is 4.39 Å². The van der Waals surface area contributed by atoms with E-state index in [2.05, 4.69) is 10.0 Å². The van der Waals surface area contributed by atoms with Gasteiger partial charge in [0, 0.05) is 36.6 Å². The maximum atomic E-state index is 14.0. The van der Waals surface area contributed by atoms with Gasteiger partial charge in [-0.15, -0.1) is 0 Å². The van der Waals surface area contributed by atoms with Gasteiger partial charge in [-0.1, -0.05) is 23.3 Å². The highest BCUT2D eigenvalue weighted by molar-refractivity contribution is 5.79. The summed E-state index contributed by atoms with van der Waals surface area (Å²) < 4.78 is 14.0. The highest BCUT2D eigenvalue weighted by Crippen LogP contribution is 2.32. The van der Waals surface area contributed by atoms with Crippen LogP contribution >= 0.6 is 0 Å². The zero-order valence-corrected chi connectivity index (χ0v) is 11.5. The van der Waals surface area contributed by atoms with Crippen LogP contribution in [0.1, 0.15) is 24.4 Å². The van der Waals surface area contributed by atoms with Gasteiger partial charge in [0.05, 0.1) is 6.04 Å². The predicted molar refractivity (Wildman–Crippen MR) is 74.7 cm³/mol. The van der Waals surface area contributed by atoms with E-state index >= 15 is 0 Å². The lowest BCUT2D eigenvalue weighted by molar-refractivity contribution is -0.130. The Kier molecular flexibility index (Phi) is 5.14. The number of azide groups is 1. The van der Waals surface area contributed by atoms with Crippen LogP contribution in [0.2, 0.25) is 0 Å². The molecule has 112 valence electrons. The third-order valence-corrected chi connectivity index (χ3v) is 3.68. The highest BCUT2D eigenvalue weighted by atomic mass is 19.1. The van der Waals surface area contributed by atoms with Crippen LogP contribution in [-0.2, 0) is 4.79 Å².